The van der Waals surface area contributed by atoms with Crippen LogP contribution in [0.25, 0.3) is 50.1 Å². The number of para-hydroxylation sites is 1. The molecule has 3 aromatic heterocycles. The Morgan fingerprint density at radius 1 is 0.508 bits per heavy atom. The van der Waals surface area contributed by atoms with Crippen molar-refractivity contribution in [2.24, 2.45) is 0 Å². The summed E-state index contributed by atoms with van der Waals surface area (Å²) in [5.41, 5.74) is 10.8. The van der Waals surface area contributed by atoms with Crippen molar-refractivity contribution in [2.45, 2.75) is 38.5 Å². The van der Waals surface area contributed by atoms with E-state index in [0.717, 1.165) is 61.6 Å². The topological polar surface area (TPSA) is 35.9 Å². The fourth-order valence-corrected chi connectivity index (χ4v) is 8.60. The number of ether oxygens (including phenoxy) is 1. The van der Waals surface area contributed by atoms with Gasteiger partial charge >= 0.3 is 0 Å². The van der Waals surface area contributed by atoms with Crippen LogP contribution in [0.2, 0.25) is 0 Å². The van der Waals surface area contributed by atoms with Gasteiger partial charge in [0.05, 0.1) is 22.4 Å². The van der Waals surface area contributed by atoms with E-state index in [0.29, 0.717) is 0 Å². The third kappa shape index (κ3) is 7.08. The summed E-state index contributed by atoms with van der Waals surface area (Å²) in [6.07, 6.45) is 9.63. The third-order valence-corrected chi connectivity index (χ3v) is 12.3. The number of fused-ring (bicyclic) bond motifs is 3. The molecule has 0 N–H and O–H groups in total. The zero-order valence-corrected chi connectivity index (χ0v) is 34.8. The van der Waals surface area contributed by atoms with Gasteiger partial charge in [-0.15, -0.1) is 0 Å². The van der Waals surface area contributed by atoms with E-state index in [1.54, 1.807) is 0 Å². The summed E-state index contributed by atoms with van der Waals surface area (Å²) in [5.74, 6) is 2.32. The van der Waals surface area contributed by atoms with Crippen molar-refractivity contribution in [2.75, 3.05) is 0 Å². The molecule has 0 amide bonds. The summed E-state index contributed by atoms with van der Waals surface area (Å²) < 4.78 is 13.2. The zero-order chi connectivity index (χ0) is 41.6. The van der Waals surface area contributed by atoms with Gasteiger partial charge in [-0.05, 0) is 94.0 Å². The first-order valence-electron chi connectivity index (χ1n) is 20.9. The summed E-state index contributed by atoms with van der Waals surface area (Å²) >= 11 is 0. The molecule has 296 valence electrons. The Morgan fingerprint density at radius 2 is 1.15 bits per heavy atom. The van der Waals surface area contributed by atoms with Gasteiger partial charge in [-0.2, -0.15) is 0 Å². The van der Waals surface area contributed by atoms with E-state index in [2.05, 4.69) is 231 Å². The molecule has 10 rings (SSSR count). The number of hydrogen-bond donors (Lipinski definition) is 0. The predicted octanol–water partition coefficient (Wildman–Crippen LogP) is 13.2. The van der Waals surface area contributed by atoms with Gasteiger partial charge in [0.15, 0.2) is 0 Å². The highest BCUT2D eigenvalue weighted by atomic mass is 16.5. The van der Waals surface area contributed by atoms with Gasteiger partial charge < -0.3 is 4.74 Å². The molecular formula is C56H46N4O. The van der Waals surface area contributed by atoms with E-state index in [1.807, 2.05) is 23.0 Å². The van der Waals surface area contributed by atoms with Gasteiger partial charge in [-0.3, -0.25) is 13.7 Å². The normalized spacial score (nSPS) is 11.9. The molecule has 0 fully saturated rings. The van der Waals surface area contributed by atoms with E-state index >= 15 is 0 Å². The Kier molecular flexibility index (Phi) is 9.45. The molecule has 5 heteroatoms. The number of imidazole rings is 1. The minimum Gasteiger partial charge on any atom is -0.458 e. The molecule has 0 unspecified atom stereocenters. The minimum atomic E-state index is -0.215. The molecule has 0 aliphatic carbocycles. The lowest BCUT2D eigenvalue weighted by atomic mass is 9.78. The van der Waals surface area contributed by atoms with Crippen molar-refractivity contribution in [3.63, 3.8) is 0 Å². The van der Waals surface area contributed by atoms with E-state index in [1.165, 1.54) is 22.3 Å². The first kappa shape index (κ1) is 37.7. The van der Waals surface area contributed by atoms with Crippen molar-refractivity contribution in [3.05, 3.63) is 235 Å². The van der Waals surface area contributed by atoms with Crippen LogP contribution in [0.1, 0.15) is 49.9 Å². The number of hydrogen-bond acceptors (Lipinski definition) is 2. The van der Waals surface area contributed by atoms with Crippen LogP contribution in [0.5, 0.6) is 11.5 Å². The van der Waals surface area contributed by atoms with Gasteiger partial charge in [0.25, 0.3) is 6.33 Å². The number of pyridine rings is 1. The molecule has 10 aromatic rings. The highest BCUT2D eigenvalue weighted by Crippen LogP contribution is 2.38. The number of rotatable bonds is 10. The molecule has 0 radical (unpaired) electrons. The Morgan fingerprint density at radius 3 is 1.89 bits per heavy atom. The molecule has 0 saturated heterocycles. The summed E-state index contributed by atoms with van der Waals surface area (Å²) in [4.78, 5) is 4.96. The van der Waals surface area contributed by atoms with Gasteiger partial charge in [0.1, 0.15) is 17.3 Å². The summed E-state index contributed by atoms with van der Waals surface area (Å²) in [6.45, 7) is 9.09. The van der Waals surface area contributed by atoms with Crippen molar-refractivity contribution in [3.8, 4) is 39.8 Å². The van der Waals surface area contributed by atoms with Crippen LogP contribution in [0.15, 0.2) is 207 Å². The maximum absolute atomic E-state index is 6.85. The van der Waals surface area contributed by atoms with E-state index < -0.39 is 0 Å². The average Bonchev–Trinajstić information content (AvgIpc) is 3.94. The second-order valence-corrected chi connectivity index (χ2v) is 16.8. The number of benzene rings is 7. The lowest BCUT2D eigenvalue weighted by molar-refractivity contribution is -0.599. The van der Waals surface area contributed by atoms with E-state index in [-0.39, 0.29) is 10.8 Å². The molecule has 0 saturated carbocycles. The molecule has 0 aliphatic heterocycles. The molecule has 0 bridgehead atoms. The van der Waals surface area contributed by atoms with Crippen molar-refractivity contribution in [1.29, 1.82) is 0 Å². The van der Waals surface area contributed by atoms with E-state index in [9.17, 15) is 0 Å². The fraction of sp³-hybridized carbons (Fsp3) is 0.107. The second kappa shape index (κ2) is 15.3. The number of aromatic nitrogens is 4. The Labute approximate surface area is 357 Å². The van der Waals surface area contributed by atoms with Gasteiger partial charge in [0.2, 0.25) is 0 Å². The zero-order valence-electron chi connectivity index (χ0n) is 34.8. The highest BCUT2D eigenvalue weighted by molar-refractivity contribution is 6.09. The van der Waals surface area contributed by atoms with Crippen molar-refractivity contribution in [1.82, 2.24) is 14.1 Å². The van der Waals surface area contributed by atoms with E-state index in [4.69, 9.17) is 9.72 Å². The van der Waals surface area contributed by atoms with Gasteiger partial charge in [-0.25, -0.2) is 4.98 Å². The van der Waals surface area contributed by atoms with Crippen LogP contribution in [0.3, 0.4) is 0 Å². The lowest BCUT2D eigenvalue weighted by Crippen LogP contribution is -2.29. The first-order chi connectivity index (χ1) is 29.7. The predicted molar refractivity (Wildman–Crippen MR) is 247 cm³/mol. The van der Waals surface area contributed by atoms with Crippen molar-refractivity contribution < 1.29 is 9.30 Å². The van der Waals surface area contributed by atoms with Crippen LogP contribution < -0.4 is 9.30 Å². The molecule has 0 aliphatic rings. The maximum atomic E-state index is 6.85. The summed E-state index contributed by atoms with van der Waals surface area (Å²) in [5, 5.41) is 2.30. The minimum absolute atomic E-state index is 0.159. The monoisotopic (exact) mass is 790 g/mol. The van der Waals surface area contributed by atoms with Gasteiger partial charge in [0, 0.05) is 46.3 Å². The SMILES string of the molecule is CC(C)(c1ccccc1)c1cccc(-[n+]2[c-]n(-c3cc(Oc4ccc5c6ccccc6n(-c6cc(C(C)(C)c7ccccc7)ccn6)c5c4)cc(-c4ccccc4)c3)cc2)c1. The second-order valence-electron chi connectivity index (χ2n) is 16.8. The molecule has 3 heterocycles. The Bertz CT molecular complexity index is 3160. The van der Waals surface area contributed by atoms with Crippen LogP contribution in [-0.4, -0.2) is 14.1 Å². The Hall–Kier alpha value is -7.50. The molecule has 7 aromatic carbocycles. The molecule has 0 atom stereocenters. The average molecular weight is 791 g/mol. The molecule has 5 nitrogen and oxygen atoms in total. The standard InChI is InChI=1S/C56H46N4O/c1-55(2,42-19-10-6-11-20-42)44-23-16-24-46(35-44)58-31-32-59(39-58)47-33-41(40-17-8-5-9-18-40)34-49(37-47)61-48-27-28-51-50-25-14-15-26-52(50)60(53(51)38-48)54-36-45(29-30-57-54)56(3,4)43-21-12-7-13-22-43/h5-38H,1-4H3. The van der Waals surface area contributed by atoms with Crippen LogP contribution >= 0.6 is 0 Å². The first-order valence-corrected chi connectivity index (χ1v) is 20.9. The third-order valence-electron chi connectivity index (χ3n) is 12.3. The quantitative estimate of drug-likeness (QED) is 0.102. The van der Waals surface area contributed by atoms with Crippen LogP contribution in [0.4, 0.5) is 0 Å². The Balaban J connectivity index is 1.03. The van der Waals surface area contributed by atoms with Gasteiger partial charge in [-0.1, -0.05) is 149 Å². The maximum Gasteiger partial charge on any atom is 0.268 e. The smallest absolute Gasteiger partial charge is 0.268 e. The molecule has 61 heavy (non-hydrogen) atoms. The number of nitrogens with zero attached hydrogens (tertiary/aromatic N) is 4. The highest BCUT2D eigenvalue weighted by Gasteiger charge is 2.25. The molecular weight excluding hydrogens is 745 g/mol. The largest absolute Gasteiger partial charge is 0.458 e. The van der Waals surface area contributed by atoms with Crippen LogP contribution in [0, 0.1) is 6.33 Å². The lowest BCUT2D eigenvalue weighted by Gasteiger charge is -2.26. The molecule has 0 spiro atoms. The van der Waals surface area contributed by atoms with Crippen molar-refractivity contribution >= 4 is 21.8 Å². The summed E-state index contributed by atoms with van der Waals surface area (Å²) in [6, 6.07) is 66.2. The van der Waals surface area contributed by atoms with Crippen LogP contribution in [-0.2, 0) is 10.8 Å². The summed E-state index contributed by atoms with van der Waals surface area (Å²) in [7, 11) is 0. The fourth-order valence-electron chi connectivity index (χ4n) is 8.60.